The lowest BCUT2D eigenvalue weighted by Crippen LogP contribution is -2.49. The van der Waals surface area contributed by atoms with Gasteiger partial charge < -0.3 is 9.64 Å². The lowest BCUT2D eigenvalue weighted by atomic mass is 9.73. The molecule has 0 unspecified atom stereocenters. The normalized spacial score (nSPS) is 22.1. The number of amides is 2. The maximum atomic E-state index is 12.9. The summed E-state index contributed by atoms with van der Waals surface area (Å²) in [6.07, 6.45) is 5.58. The van der Waals surface area contributed by atoms with E-state index in [9.17, 15) is 9.59 Å². The quantitative estimate of drug-likeness (QED) is 0.684. The van der Waals surface area contributed by atoms with E-state index >= 15 is 0 Å². The maximum absolute atomic E-state index is 12.9. The highest BCUT2D eigenvalue weighted by Gasteiger charge is 2.51. The number of hydrogen-bond donors (Lipinski definition) is 0. The van der Waals surface area contributed by atoms with Gasteiger partial charge in [0.2, 0.25) is 11.8 Å². The van der Waals surface area contributed by atoms with Gasteiger partial charge in [0.05, 0.1) is 18.2 Å². The Balaban J connectivity index is 0.00000240. The lowest BCUT2D eigenvalue weighted by Gasteiger charge is -2.37. The zero-order valence-corrected chi connectivity index (χ0v) is 18.1. The molecule has 6 nitrogen and oxygen atoms in total. The number of anilines is 1. The van der Waals surface area contributed by atoms with Crippen LogP contribution in [0.5, 0.6) is 5.75 Å². The van der Waals surface area contributed by atoms with Crippen LogP contribution in [0.1, 0.15) is 38.5 Å². The molecular formula is C22H32ClN3O3. The molecule has 160 valence electrons. The molecule has 2 amide bonds. The van der Waals surface area contributed by atoms with Gasteiger partial charge in [-0.1, -0.05) is 31.4 Å². The van der Waals surface area contributed by atoms with E-state index in [-0.39, 0.29) is 29.6 Å². The van der Waals surface area contributed by atoms with Crippen LogP contribution in [0.3, 0.4) is 0 Å². The summed E-state index contributed by atoms with van der Waals surface area (Å²) >= 11 is 0. The molecular weight excluding hydrogens is 390 g/mol. The summed E-state index contributed by atoms with van der Waals surface area (Å²) < 4.78 is 5.48. The summed E-state index contributed by atoms with van der Waals surface area (Å²) in [7, 11) is 1.71. The number of halogens is 1. The Hall–Kier alpha value is -1.79. The minimum atomic E-state index is -0.363. The van der Waals surface area contributed by atoms with Crippen LogP contribution in [-0.2, 0) is 9.59 Å². The Morgan fingerprint density at radius 3 is 2.34 bits per heavy atom. The third-order valence-electron chi connectivity index (χ3n) is 6.74. The van der Waals surface area contributed by atoms with Crippen molar-refractivity contribution in [1.29, 1.82) is 0 Å². The number of methoxy groups -OCH3 is 1. The predicted octanol–water partition coefficient (Wildman–Crippen LogP) is 2.95. The number of carbonyl (C=O) groups is 2. The van der Waals surface area contributed by atoms with E-state index in [2.05, 4.69) is 15.9 Å². The van der Waals surface area contributed by atoms with Gasteiger partial charge in [0, 0.05) is 45.7 Å². The van der Waals surface area contributed by atoms with Crippen LogP contribution in [0.4, 0.5) is 5.69 Å². The number of ether oxygens (including phenoxy) is 1. The molecule has 2 heterocycles. The second kappa shape index (κ2) is 9.35. The van der Waals surface area contributed by atoms with Crippen LogP contribution in [0.2, 0.25) is 0 Å². The number of nitrogens with zero attached hydrogens (tertiary/aromatic N) is 3. The van der Waals surface area contributed by atoms with Crippen molar-refractivity contribution in [3.63, 3.8) is 0 Å². The van der Waals surface area contributed by atoms with Crippen LogP contribution in [0.15, 0.2) is 24.3 Å². The van der Waals surface area contributed by atoms with E-state index in [1.807, 2.05) is 18.2 Å². The molecule has 0 aromatic heterocycles. The zero-order valence-electron chi connectivity index (χ0n) is 17.3. The van der Waals surface area contributed by atoms with Crippen molar-refractivity contribution >= 4 is 29.9 Å². The fraction of sp³-hybridized carbons (Fsp3) is 0.636. The van der Waals surface area contributed by atoms with Crippen molar-refractivity contribution in [3.05, 3.63) is 24.3 Å². The number of rotatable bonds is 5. The first-order valence-electron chi connectivity index (χ1n) is 10.6. The zero-order chi connectivity index (χ0) is 19.6. The minimum Gasteiger partial charge on any atom is -0.495 e. The molecule has 0 N–H and O–H groups in total. The molecule has 0 radical (unpaired) electrons. The second-order valence-electron chi connectivity index (χ2n) is 8.37. The summed E-state index contributed by atoms with van der Waals surface area (Å²) in [6.45, 7) is 5.01. The number of para-hydroxylation sites is 2. The van der Waals surface area contributed by atoms with Gasteiger partial charge in [-0.15, -0.1) is 12.4 Å². The molecule has 1 saturated carbocycles. The third kappa shape index (κ3) is 4.38. The number of imide groups is 1. The number of carbonyl (C=O) groups excluding carboxylic acids is 2. The van der Waals surface area contributed by atoms with Gasteiger partial charge >= 0.3 is 0 Å². The third-order valence-corrected chi connectivity index (χ3v) is 6.74. The average molecular weight is 422 g/mol. The summed E-state index contributed by atoms with van der Waals surface area (Å²) in [5.41, 5.74) is 0.770. The van der Waals surface area contributed by atoms with E-state index in [0.717, 1.165) is 69.8 Å². The highest BCUT2D eigenvalue weighted by molar-refractivity contribution is 6.05. The van der Waals surface area contributed by atoms with Crippen molar-refractivity contribution in [2.24, 2.45) is 5.41 Å². The molecule has 2 aliphatic heterocycles. The molecule has 1 aromatic rings. The molecule has 0 atom stereocenters. The van der Waals surface area contributed by atoms with E-state index in [1.54, 1.807) is 12.0 Å². The number of piperazine rings is 1. The number of benzene rings is 1. The first-order chi connectivity index (χ1) is 13.6. The molecule has 2 saturated heterocycles. The van der Waals surface area contributed by atoms with Gasteiger partial charge in [0.25, 0.3) is 0 Å². The number of hydrogen-bond acceptors (Lipinski definition) is 5. The molecule has 1 spiro atoms. The highest BCUT2D eigenvalue weighted by atomic mass is 35.5. The van der Waals surface area contributed by atoms with Crippen molar-refractivity contribution in [2.45, 2.75) is 38.5 Å². The topological polar surface area (TPSA) is 53.1 Å². The van der Waals surface area contributed by atoms with E-state index in [4.69, 9.17) is 4.74 Å². The Kier molecular flexibility index (Phi) is 7.06. The lowest BCUT2D eigenvalue weighted by molar-refractivity contribution is -0.142. The van der Waals surface area contributed by atoms with Crippen LogP contribution >= 0.6 is 12.4 Å². The fourth-order valence-corrected chi connectivity index (χ4v) is 5.05. The largest absolute Gasteiger partial charge is 0.495 e. The van der Waals surface area contributed by atoms with Gasteiger partial charge in [-0.05, 0) is 25.0 Å². The smallest absolute Gasteiger partial charge is 0.235 e. The summed E-state index contributed by atoms with van der Waals surface area (Å²) in [6, 6.07) is 8.12. The van der Waals surface area contributed by atoms with Gasteiger partial charge in [-0.3, -0.25) is 19.4 Å². The van der Waals surface area contributed by atoms with E-state index in [1.165, 1.54) is 6.42 Å². The van der Waals surface area contributed by atoms with Crippen LogP contribution < -0.4 is 9.64 Å². The van der Waals surface area contributed by atoms with Crippen molar-refractivity contribution in [2.75, 3.05) is 51.3 Å². The Bertz CT molecular complexity index is 728. The first kappa shape index (κ1) is 21.9. The van der Waals surface area contributed by atoms with Crippen LogP contribution in [-0.4, -0.2) is 68.0 Å². The Labute approximate surface area is 179 Å². The SMILES string of the molecule is COc1ccccc1N1CCN(CCN2C(=O)CC3(CCCCC3)C2=O)CC1.Cl. The molecule has 1 aliphatic carbocycles. The van der Waals surface area contributed by atoms with Crippen molar-refractivity contribution in [1.82, 2.24) is 9.80 Å². The first-order valence-corrected chi connectivity index (χ1v) is 10.6. The maximum Gasteiger partial charge on any atom is 0.235 e. The second-order valence-corrected chi connectivity index (χ2v) is 8.37. The molecule has 7 heteroatoms. The van der Waals surface area contributed by atoms with E-state index in [0.29, 0.717) is 13.0 Å². The number of likely N-dealkylation sites (tertiary alicyclic amines) is 1. The van der Waals surface area contributed by atoms with Gasteiger partial charge in [-0.25, -0.2) is 0 Å². The van der Waals surface area contributed by atoms with Crippen LogP contribution in [0.25, 0.3) is 0 Å². The molecule has 3 aliphatic rings. The van der Waals surface area contributed by atoms with E-state index < -0.39 is 0 Å². The highest BCUT2D eigenvalue weighted by Crippen LogP contribution is 2.45. The predicted molar refractivity (Wildman–Crippen MR) is 116 cm³/mol. The summed E-state index contributed by atoms with van der Waals surface area (Å²) in [4.78, 5) is 31.7. The summed E-state index contributed by atoms with van der Waals surface area (Å²) in [5, 5.41) is 0. The Morgan fingerprint density at radius 1 is 0.966 bits per heavy atom. The van der Waals surface area contributed by atoms with Gasteiger partial charge in [0.15, 0.2) is 0 Å². The van der Waals surface area contributed by atoms with Crippen molar-refractivity contribution < 1.29 is 14.3 Å². The molecule has 3 fully saturated rings. The van der Waals surface area contributed by atoms with Gasteiger partial charge in [-0.2, -0.15) is 0 Å². The molecule has 1 aromatic carbocycles. The average Bonchev–Trinajstić information content (AvgIpc) is 2.96. The standard InChI is InChI=1S/C22H31N3O3.ClH/c1-28-19-8-4-3-7-18(19)24-14-11-23(12-15-24)13-16-25-20(26)17-22(21(25)27)9-5-2-6-10-22;/h3-4,7-8H,2,5-6,9-17H2,1H3;1H. The minimum absolute atomic E-state index is 0. The molecule has 0 bridgehead atoms. The molecule has 29 heavy (non-hydrogen) atoms. The Morgan fingerprint density at radius 2 is 1.66 bits per heavy atom. The monoisotopic (exact) mass is 421 g/mol. The van der Waals surface area contributed by atoms with Crippen molar-refractivity contribution in [3.8, 4) is 5.75 Å². The fourth-order valence-electron chi connectivity index (χ4n) is 5.05. The van der Waals surface area contributed by atoms with Gasteiger partial charge in [0.1, 0.15) is 5.75 Å². The van der Waals surface area contributed by atoms with Crippen LogP contribution in [0, 0.1) is 5.41 Å². The summed E-state index contributed by atoms with van der Waals surface area (Å²) in [5.74, 6) is 1.05. The molecule has 4 rings (SSSR count).